The highest BCUT2D eigenvalue weighted by Crippen LogP contribution is 2.26. The van der Waals surface area contributed by atoms with E-state index >= 15 is 0 Å². The van der Waals surface area contributed by atoms with Crippen LogP contribution in [0.25, 0.3) is 10.9 Å². The lowest BCUT2D eigenvalue weighted by atomic mass is 9.92. The molecule has 0 amide bonds. The molecular formula is C13H19N3. The van der Waals surface area contributed by atoms with Crippen LogP contribution in [0.5, 0.6) is 0 Å². The Hall–Kier alpha value is -1.32. The Bertz CT molecular complexity index is 479. The van der Waals surface area contributed by atoms with Gasteiger partial charge in [0.25, 0.3) is 0 Å². The van der Waals surface area contributed by atoms with Gasteiger partial charge in [-0.3, -0.25) is 0 Å². The number of rotatable bonds is 3. The average Bonchev–Trinajstić information content (AvgIpc) is 2.58. The third-order valence-electron chi connectivity index (χ3n) is 2.77. The van der Waals surface area contributed by atoms with Crippen molar-refractivity contribution in [3.63, 3.8) is 0 Å². The Labute approximate surface area is 95.8 Å². The zero-order chi connectivity index (χ0) is 11.8. The van der Waals surface area contributed by atoms with Crippen LogP contribution < -0.4 is 11.5 Å². The first-order chi connectivity index (χ1) is 7.47. The molecule has 0 aliphatic heterocycles. The van der Waals surface area contributed by atoms with Crippen LogP contribution in [0.3, 0.4) is 0 Å². The highest BCUT2D eigenvalue weighted by atomic mass is 14.8. The summed E-state index contributed by atoms with van der Waals surface area (Å²) in [5, 5.41) is 1.19. The molecule has 2 aromatic rings. The van der Waals surface area contributed by atoms with E-state index in [1.54, 1.807) is 0 Å². The summed E-state index contributed by atoms with van der Waals surface area (Å²) < 4.78 is 0. The molecule has 0 saturated carbocycles. The standard InChI is InChI=1S/C13H19N3/c1-13(2,15)7-11(14)10-8-16-12-6-4-3-5-9(10)12/h3-6,8,11,16H,7,14-15H2,1-2H3. The van der Waals surface area contributed by atoms with Gasteiger partial charge < -0.3 is 16.5 Å². The molecule has 2 rings (SSSR count). The summed E-state index contributed by atoms with van der Waals surface area (Å²) in [5.74, 6) is 0. The van der Waals surface area contributed by atoms with Crippen LogP contribution in [0.15, 0.2) is 30.5 Å². The molecule has 1 aromatic carbocycles. The van der Waals surface area contributed by atoms with E-state index in [4.69, 9.17) is 11.5 Å². The average molecular weight is 217 g/mol. The van der Waals surface area contributed by atoms with Crippen LogP contribution in [-0.2, 0) is 0 Å². The first-order valence-electron chi connectivity index (χ1n) is 5.58. The van der Waals surface area contributed by atoms with Crippen molar-refractivity contribution in [3.8, 4) is 0 Å². The van der Waals surface area contributed by atoms with Crippen LogP contribution in [0.4, 0.5) is 0 Å². The number of para-hydroxylation sites is 1. The second kappa shape index (κ2) is 3.92. The van der Waals surface area contributed by atoms with E-state index in [1.807, 2.05) is 32.2 Å². The maximum Gasteiger partial charge on any atom is 0.0457 e. The van der Waals surface area contributed by atoms with Crippen molar-refractivity contribution in [1.29, 1.82) is 0 Å². The van der Waals surface area contributed by atoms with Gasteiger partial charge in [0.05, 0.1) is 0 Å². The number of hydrogen-bond acceptors (Lipinski definition) is 2. The van der Waals surface area contributed by atoms with Crippen LogP contribution in [-0.4, -0.2) is 10.5 Å². The highest BCUT2D eigenvalue weighted by molar-refractivity contribution is 5.83. The molecule has 5 N–H and O–H groups in total. The molecule has 1 atom stereocenters. The van der Waals surface area contributed by atoms with Crippen molar-refractivity contribution in [1.82, 2.24) is 4.98 Å². The number of fused-ring (bicyclic) bond motifs is 1. The smallest absolute Gasteiger partial charge is 0.0457 e. The summed E-state index contributed by atoms with van der Waals surface area (Å²) >= 11 is 0. The summed E-state index contributed by atoms with van der Waals surface area (Å²) in [5.41, 5.74) is 14.2. The number of aromatic nitrogens is 1. The molecule has 0 saturated heterocycles. The second-order valence-electron chi connectivity index (χ2n) is 5.09. The monoisotopic (exact) mass is 217 g/mol. The first kappa shape index (κ1) is 11.2. The lowest BCUT2D eigenvalue weighted by Crippen LogP contribution is -2.35. The van der Waals surface area contributed by atoms with E-state index in [0.717, 1.165) is 17.5 Å². The quantitative estimate of drug-likeness (QED) is 0.738. The number of aromatic amines is 1. The third-order valence-corrected chi connectivity index (χ3v) is 2.77. The van der Waals surface area contributed by atoms with Crippen LogP contribution in [0, 0.1) is 0 Å². The molecule has 3 nitrogen and oxygen atoms in total. The fourth-order valence-corrected chi connectivity index (χ4v) is 2.08. The Kier molecular flexibility index (Phi) is 2.74. The minimum atomic E-state index is -0.238. The van der Waals surface area contributed by atoms with Gasteiger partial charge in [-0.05, 0) is 31.9 Å². The van der Waals surface area contributed by atoms with Gasteiger partial charge in [-0.2, -0.15) is 0 Å². The summed E-state index contributed by atoms with van der Waals surface area (Å²) in [7, 11) is 0. The van der Waals surface area contributed by atoms with E-state index in [-0.39, 0.29) is 11.6 Å². The van der Waals surface area contributed by atoms with E-state index in [2.05, 4.69) is 17.1 Å². The van der Waals surface area contributed by atoms with Crippen molar-refractivity contribution in [2.24, 2.45) is 11.5 Å². The summed E-state index contributed by atoms with van der Waals surface area (Å²) in [6.45, 7) is 4.00. The predicted octanol–water partition coefficient (Wildman–Crippen LogP) is 2.30. The van der Waals surface area contributed by atoms with Crippen molar-refractivity contribution >= 4 is 10.9 Å². The molecule has 16 heavy (non-hydrogen) atoms. The Balaban J connectivity index is 2.33. The van der Waals surface area contributed by atoms with Crippen LogP contribution >= 0.6 is 0 Å². The first-order valence-corrected chi connectivity index (χ1v) is 5.58. The number of hydrogen-bond donors (Lipinski definition) is 3. The zero-order valence-electron chi connectivity index (χ0n) is 9.83. The van der Waals surface area contributed by atoms with E-state index < -0.39 is 0 Å². The second-order valence-corrected chi connectivity index (χ2v) is 5.09. The van der Waals surface area contributed by atoms with Gasteiger partial charge in [-0.1, -0.05) is 18.2 Å². The molecule has 0 bridgehead atoms. The number of benzene rings is 1. The Morgan fingerprint density at radius 2 is 2.00 bits per heavy atom. The highest BCUT2D eigenvalue weighted by Gasteiger charge is 2.19. The number of nitrogens with one attached hydrogen (secondary N) is 1. The van der Waals surface area contributed by atoms with Gasteiger partial charge in [0.1, 0.15) is 0 Å². The van der Waals surface area contributed by atoms with Gasteiger partial charge in [0.15, 0.2) is 0 Å². The SMILES string of the molecule is CC(C)(N)CC(N)c1c[nH]c2ccccc12. The van der Waals surface area contributed by atoms with E-state index in [1.165, 1.54) is 5.39 Å². The molecule has 0 radical (unpaired) electrons. The summed E-state index contributed by atoms with van der Waals surface area (Å²) in [6.07, 6.45) is 2.76. The van der Waals surface area contributed by atoms with E-state index in [0.29, 0.717) is 0 Å². The molecule has 0 aliphatic carbocycles. The van der Waals surface area contributed by atoms with Gasteiger partial charge in [0, 0.05) is 28.7 Å². The molecule has 0 spiro atoms. The topological polar surface area (TPSA) is 67.8 Å². The molecule has 86 valence electrons. The van der Waals surface area contributed by atoms with Gasteiger partial charge in [-0.15, -0.1) is 0 Å². The number of H-pyrrole nitrogens is 1. The molecule has 0 fully saturated rings. The normalized spacial score (nSPS) is 14.2. The minimum Gasteiger partial charge on any atom is -0.361 e. The van der Waals surface area contributed by atoms with Gasteiger partial charge in [0.2, 0.25) is 0 Å². The van der Waals surface area contributed by atoms with Gasteiger partial charge in [-0.25, -0.2) is 0 Å². The molecule has 0 aliphatic rings. The van der Waals surface area contributed by atoms with Crippen molar-refractivity contribution in [3.05, 3.63) is 36.0 Å². The van der Waals surface area contributed by atoms with Crippen molar-refractivity contribution in [2.75, 3.05) is 0 Å². The maximum absolute atomic E-state index is 6.19. The largest absolute Gasteiger partial charge is 0.361 e. The lowest BCUT2D eigenvalue weighted by Gasteiger charge is -2.22. The fraction of sp³-hybridized carbons (Fsp3) is 0.385. The Morgan fingerprint density at radius 3 is 2.69 bits per heavy atom. The fourth-order valence-electron chi connectivity index (χ4n) is 2.08. The zero-order valence-corrected chi connectivity index (χ0v) is 9.83. The van der Waals surface area contributed by atoms with Crippen LogP contribution in [0.2, 0.25) is 0 Å². The van der Waals surface area contributed by atoms with Gasteiger partial charge >= 0.3 is 0 Å². The molecular weight excluding hydrogens is 198 g/mol. The van der Waals surface area contributed by atoms with Crippen LogP contribution in [0.1, 0.15) is 31.9 Å². The third kappa shape index (κ3) is 2.26. The summed E-state index contributed by atoms with van der Waals surface area (Å²) in [6, 6.07) is 8.17. The molecule has 1 aromatic heterocycles. The maximum atomic E-state index is 6.19. The number of nitrogens with two attached hydrogens (primary N) is 2. The lowest BCUT2D eigenvalue weighted by molar-refractivity contribution is 0.430. The molecule has 1 unspecified atom stereocenters. The minimum absolute atomic E-state index is 0.0175. The van der Waals surface area contributed by atoms with Crippen molar-refractivity contribution in [2.45, 2.75) is 31.8 Å². The Morgan fingerprint density at radius 1 is 1.31 bits per heavy atom. The van der Waals surface area contributed by atoms with Crippen molar-refractivity contribution < 1.29 is 0 Å². The molecule has 1 heterocycles. The predicted molar refractivity (Wildman–Crippen MR) is 68.1 cm³/mol. The van der Waals surface area contributed by atoms with E-state index in [9.17, 15) is 0 Å². The summed E-state index contributed by atoms with van der Waals surface area (Å²) in [4.78, 5) is 3.23. The molecule has 3 heteroatoms.